The van der Waals surface area contributed by atoms with Crippen molar-refractivity contribution in [1.82, 2.24) is 5.32 Å². The normalized spacial score (nSPS) is 23.9. The molecule has 0 aliphatic carbocycles. The van der Waals surface area contributed by atoms with E-state index in [4.69, 9.17) is 0 Å². The van der Waals surface area contributed by atoms with Crippen LogP contribution in [0.1, 0.15) is 30.0 Å². The minimum absolute atomic E-state index is 0.165. The minimum Gasteiger partial charge on any atom is -0.310 e. The van der Waals surface area contributed by atoms with E-state index in [1.54, 1.807) is 0 Å². The van der Waals surface area contributed by atoms with Gasteiger partial charge in [0.1, 0.15) is 0 Å². The average Bonchev–Trinajstić information content (AvgIpc) is 2.27. The Balaban J connectivity index is 2.15. The van der Waals surface area contributed by atoms with Crippen molar-refractivity contribution in [3.05, 3.63) is 35.4 Å². The average molecular weight is 265 g/mol. The van der Waals surface area contributed by atoms with Gasteiger partial charge >= 0.3 is 6.18 Å². The molecule has 1 aliphatic rings. The molecule has 1 fully saturated rings. The van der Waals surface area contributed by atoms with Gasteiger partial charge < -0.3 is 5.32 Å². The second kappa shape index (κ2) is 4.50. The van der Waals surface area contributed by atoms with Crippen LogP contribution in [0.25, 0.3) is 0 Å². The summed E-state index contributed by atoms with van der Waals surface area (Å²) in [4.78, 5) is 0. The first-order valence-electron chi connectivity index (χ1n) is 5.56. The van der Waals surface area contributed by atoms with Gasteiger partial charge in [-0.1, -0.05) is 12.1 Å². The Morgan fingerprint density at radius 2 is 1.72 bits per heavy atom. The summed E-state index contributed by atoms with van der Waals surface area (Å²) in [6, 6.07) is 3.76. The molecular formula is C12H12F5N. The molecule has 1 N–H and O–H groups in total. The van der Waals surface area contributed by atoms with Crippen LogP contribution in [0.5, 0.6) is 0 Å². The first-order valence-corrected chi connectivity index (χ1v) is 5.56. The van der Waals surface area contributed by atoms with Gasteiger partial charge in [0.25, 0.3) is 5.92 Å². The van der Waals surface area contributed by atoms with Gasteiger partial charge in [0.05, 0.1) is 5.56 Å². The number of benzene rings is 1. The molecule has 1 aromatic rings. The molecule has 1 atom stereocenters. The van der Waals surface area contributed by atoms with Crippen molar-refractivity contribution in [2.75, 3.05) is 6.54 Å². The van der Waals surface area contributed by atoms with Crippen molar-refractivity contribution in [3.8, 4) is 0 Å². The van der Waals surface area contributed by atoms with Gasteiger partial charge in [0, 0.05) is 25.4 Å². The molecule has 100 valence electrons. The van der Waals surface area contributed by atoms with E-state index in [0.29, 0.717) is 5.56 Å². The number of hydrogen-bond acceptors (Lipinski definition) is 1. The van der Waals surface area contributed by atoms with Crippen molar-refractivity contribution in [3.63, 3.8) is 0 Å². The number of hydrogen-bond donors (Lipinski definition) is 1. The third kappa shape index (κ3) is 2.98. The molecule has 0 bridgehead atoms. The Hall–Kier alpha value is -1.17. The summed E-state index contributed by atoms with van der Waals surface area (Å²) in [5, 5.41) is 2.89. The lowest BCUT2D eigenvalue weighted by Crippen LogP contribution is -2.38. The van der Waals surface area contributed by atoms with Crippen LogP contribution in [0.3, 0.4) is 0 Å². The van der Waals surface area contributed by atoms with Gasteiger partial charge in [-0.05, 0) is 17.7 Å². The van der Waals surface area contributed by atoms with Gasteiger partial charge in [-0.25, -0.2) is 8.78 Å². The van der Waals surface area contributed by atoms with Crippen LogP contribution in [0.2, 0.25) is 0 Å². The standard InChI is InChI=1S/C12H12F5N/c13-11(14)5-6-18-10(7-11)8-1-3-9(4-2-8)12(15,16)17/h1-4,10,18H,5-7H2. The van der Waals surface area contributed by atoms with Crippen molar-refractivity contribution in [1.29, 1.82) is 0 Å². The number of piperidine rings is 1. The van der Waals surface area contributed by atoms with Gasteiger partial charge in [0.15, 0.2) is 0 Å². The number of alkyl halides is 5. The van der Waals surface area contributed by atoms with Crippen molar-refractivity contribution >= 4 is 0 Å². The molecule has 6 heteroatoms. The molecular weight excluding hydrogens is 253 g/mol. The third-order valence-electron chi connectivity index (χ3n) is 3.02. The molecule has 0 amide bonds. The molecule has 1 heterocycles. The predicted molar refractivity (Wildman–Crippen MR) is 56.4 cm³/mol. The Morgan fingerprint density at radius 1 is 1.11 bits per heavy atom. The van der Waals surface area contributed by atoms with E-state index in [9.17, 15) is 22.0 Å². The first kappa shape index (κ1) is 13.3. The van der Waals surface area contributed by atoms with E-state index < -0.39 is 23.7 Å². The first-order chi connectivity index (χ1) is 8.28. The van der Waals surface area contributed by atoms with E-state index in [2.05, 4.69) is 5.32 Å². The third-order valence-corrected chi connectivity index (χ3v) is 3.02. The molecule has 0 radical (unpaired) electrons. The molecule has 0 aromatic heterocycles. The van der Waals surface area contributed by atoms with Crippen molar-refractivity contribution < 1.29 is 22.0 Å². The topological polar surface area (TPSA) is 12.0 Å². The van der Waals surface area contributed by atoms with Gasteiger partial charge in [-0.15, -0.1) is 0 Å². The maximum absolute atomic E-state index is 13.2. The summed E-state index contributed by atoms with van der Waals surface area (Å²) in [6.07, 6.45) is -5.01. The summed E-state index contributed by atoms with van der Waals surface area (Å²) in [5.74, 6) is -2.75. The highest BCUT2D eigenvalue weighted by Crippen LogP contribution is 2.35. The molecule has 1 saturated heterocycles. The molecule has 18 heavy (non-hydrogen) atoms. The van der Waals surface area contributed by atoms with Crippen molar-refractivity contribution in [2.45, 2.75) is 31.0 Å². The van der Waals surface area contributed by atoms with E-state index >= 15 is 0 Å². The molecule has 2 rings (SSSR count). The van der Waals surface area contributed by atoms with E-state index in [-0.39, 0.29) is 19.4 Å². The van der Waals surface area contributed by atoms with Crippen LogP contribution in [0.4, 0.5) is 22.0 Å². The zero-order chi connectivity index (χ0) is 13.4. The fourth-order valence-electron chi connectivity index (χ4n) is 2.04. The Bertz CT molecular complexity index is 409. The Kier molecular flexibility index (Phi) is 3.31. The maximum Gasteiger partial charge on any atom is 0.416 e. The summed E-state index contributed by atoms with van der Waals surface area (Å²) in [7, 11) is 0. The fraction of sp³-hybridized carbons (Fsp3) is 0.500. The van der Waals surface area contributed by atoms with Gasteiger partial charge in [-0.3, -0.25) is 0 Å². The Labute approximate surface area is 101 Å². The van der Waals surface area contributed by atoms with Crippen LogP contribution in [-0.2, 0) is 6.18 Å². The monoisotopic (exact) mass is 265 g/mol. The summed E-state index contributed by atoms with van der Waals surface area (Å²) in [5.41, 5.74) is -0.309. The van der Waals surface area contributed by atoms with E-state index in [0.717, 1.165) is 12.1 Å². The molecule has 0 spiro atoms. The van der Waals surface area contributed by atoms with Gasteiger partial charge in [-0.2, -0.15) is 13.2 Å². The van der Waals surface area contributed by atoms with Crippen LogP contribution in [0.15, 0.2) is 24.3 Å². The number of rotatable bonds is 1. The van der Waals surface area contributed by atoms with Crippen LogP contribution in [-0.4, -0.2) is 12.5 Å². The maximum atomic E-state index is 13.2. The number of nitrogens with one attached hydrogen (secondary N) is 1. The molecule has 1 aliphatic heterocycles. The largest absolute Gasteiger partial charge is 0.416 e. The fourth-order valence-corrected chi connectivity index (χ4v) is 2.04. The molecule has 1 aromatic carbocycles. The Morgan fingerprint density at radius 3 is 2.22 bits per heavy atom. The summed E-state index contributed by atoms with van der Waals surface area (Å²) < 4.78 is 63.4. The van der Waals surface area contributed by atoms with Crippen molar-refractivity contribution in [2.24, 2.45) is 0 Å². The highest BCUT2D eigenvalue weighted by molar-refractivity contribution is 5.27. The van der Waals surface area contributed by atoms with E-state index in [1.807, 2.05) is 0 Å². The lowest BCUT2D eigenvalue weighted by molar-refractivity contribution is -0.137. The molecule has 1 nitrogen and oxygen atoms in total. The van der Waals surface area contributed by atoms with Crippen LogP contribution < -0.4 is 5.32 Å². The highest BCUT2D eigenvalue weighted by Gasteiger charge is 2.37. The zero-order valence-electron chi connectivity index (χ0n) is 9.40. The number of halogens is 5. The predicted octanol–water partition coefficient (Wildman–Crippen LogP) is 3.77. The van der Waals surface area contributed by atoms with Crippen LogP contribution in [0, 0.1) is 0 Å². The smallest absolute Gasteiger partial charge is 0.310 e. The van der Waals surface area contributed by atoms with Gasteiger partial charge in [0.2, 0.25) is 0 Å². The second-order valence-corrected chi connectivity index (χ2v) is 4.44. The minimum atomic E-state index is -4.40. The van der Waals surface area contributed by atoms with E-state index in [1.165, 1.54) is 12.1 Å². The SMILES string of the molecule is FC1(F)CCNC(c2ccc(C(F)(F)F)cc2)C1. The lowest BCUT2D eigenvalue weighted by atomic mass is 9.94. The highest BCUT2D eigenvalue weighted by atomic mass is 19.4. The lowest BCUT2D eigenvalue weighted by Gasteiger charge is -2.30. The quantitative estimate of drug-likeness (QED) is 0.762. The molecule has 0 saturated carbocycles. The summed E-state index contributed by atoms with van der Waals surface area (Å²) in [6.45, 7) is 0.165. The summed E-state index contributed by atoms with van der Waals surface area (Å²) >= 11 is 0. The van der Waals surface area contributed by atoms with Crippen LogP contribution >= 0.6 is 0 Å². The second-order valence-electron chi connectivity index (χ2n) is 4.44. The zero-order valence-corrected chi connectivity index (χ0v) is 9.40. The molecule has 1 unspecified atom stereocenters.